The number of carbonyl (C=O) groups is 1. The molecule has 2 N–H and O–H groups in total. The summed E-state index contributed by atoms with van der Waals surface area (Å²) in [5, 5.41) is 19.5. The van der Waals surface area contributed by atoms with E-state index in [0.29, 0.717) is 11.8 Å². The normalized spacial score (nSPS) is 32.2. The molecular formula is C14H26O3. The summed E-state index contributed by atoms with van der Waals surface area (Å²) in [7, 11) is 0. The van der Waals surface area contributed by atoms with Crippen LogP contribution >= 0.6 is 0 Å². The molecule has 0 saturated heterocycles. The molecule has 3 atom stereocenters. The Hall–Kier alpha value is -0.570. The van der Waals surface area contributed by atoms with Crippen LogP contribution in [0.3, 0.4) is 0 Å². The van der Waals surface area contributed by atoms with Crippen molar-refractivity contribution in [1.82, 2.24) is 0 Å². The Morgan fingerprint density at radius 3 is 2.35 bits per heavy atom. The number of rotatable bonds is 3. The molecule has 3 heteroatoms. The molecule has 0 aromatic rings. The molecule has 3 nitrogen and oxygen atoms in total. The topological polar surface area (TPSA) is 57.5 Å². The van der Waals surface area contributed by atoms with Gasteiger partial charge < -0.3 is 10.2 Å². The molecule has 0 bridgehead atoms. The van der Waals surface area contributed by atoms with Crippen molar-refractivity contribution >= 4 is 5.97 Å². The number of hydrogen-bond donors (Lipinski definition) is 2. The fourth-order valence-electron chi connectivity index (χ4n) is 3.18. The van der Waals surface area contributed by atoms with E-state index in [-0.39, 0.29) is 11.3 Å². The molecule has 0 amide bonds. The number of aliphatic carboxylic acids is 1. The van der Waals surface area contributed by atoms with Crippen LogP contribution in [0.4, 0.5) is 0 Å². The van der Waals surface area contributed by atoms with Crippen LogP contribution in [0, 0.1) is 23.2 Å². The highest BCUT2D eigenvalue weighted by Gasteiger charge is 2.48. The molecule has 1 fully saturated rings. The van der Waals surface area contributed by atoms with Gasteiger partial charge in [0.15, 0.2) is 5.60 Å². The summed E-state index contributed by atoms with van der Waals surface area (Å²) in [5.41, 5.74) is -1.47. The van der Waals surface area contributed by atoms with Crippen LogP contribution in [0.2, 0.25) is 0 Å². The molecule has 0 unspecified atom stereocenters. The highest BCUT2D eigenvalue weighted by atomic mass is 16.4. The first-order chi connectivity index (χ1) is 7.58. The lowest BCUT2D eigenvalue weighted by Gasteiger charge is -2.47. The Morgan fingerprint density at radius 1 is 1.41 bits per heavy atom. The van der Waals surface area contributed by atoms with Crippen LogP contribution in [-0.2, 0) is 4.79 Å². The average molecular weight is 242 g/mol. The molecule has 1 rings (SSSR count). The lowest BCUT2D eigenvalue weighted by Crippen LogP contribution is -2.50. The predicted molar refractivity (Wildman–Crippen MR) is 67.7 cm³/mol. The third-order valence-electron chi connectivity index (χ3n) is 4.46. The van der Waals surface area contributed by atoms with Gasteiger partial charge in [0, 0.05) is 5.92 Å². The Bertz CT molecular complexity index is 292. The van der Waals surface area contributed by atoms with E-state index in [1.807, 2.05) is 0 Å². The van der Waals surface area contributed by atoms with Crippen molar-refractivity contribution in [2.45, 2.75) is 59.5 Å². The second-order valence-corrected chi connectivity index (χ2v) is 6.87. The summed E-state index contributed by atoms with van der Waals surface area (Å²) in [6.45, 7) is 10.0. The lowest BCUT2D eigenvalue weighted by atomic mass is 9.59. The minimum atomic E-state index is -1.60. The third kappa shape index (κ3) is 3.01. The molecule has 1 aliphatic carbocycles. The standard InChI is InChI=1S/C14H26O3/c1-9(2)10-6-7-13(3,4)8-11(10)14(5,17)12(15)16/h9-11,17H,6-8H2,1-5H3,(H,15,16)/t10-,11+,14-/m0/s1. The van der Waals surface area contributed by atoms with E-state index in [4.69, 9.17) is 0 Å². The Labute approximate surface area is 104 Å². The van der Waals surface area contributed by atoms with Crippen LogP contribution in [0.1, 0.15) is 53.9 Å². The van der Waals surface area contributed by atoms with Gasteiger partial charge in [-0.05, 0) is 43.4 Å². The first kappa shape index (κ1) is 14.5. The summed E-state index contributed by atoms with van der Waals surface area (Å²) in [6.07, 6.45) is 2.91. The van der Waals surface area contributed by atoms with Gasteiger partial charge in [-0.2, -0.15) is 0 Å². The monoisotopic (exact) mass is 242 g/mol. The summed E-state index contributed by atoms with van der Waals surface area (Å²) >= 11 is 0. The maximum atomic E-state index is 11.2. The first-order valence-electron chi connectivity index (χ1n) is 6.53. The average Bonchev–Trinajstić information content (AvgIpc) is 2.15. The first-order valence-corrected chi connectivity index (χ1v) is 6.53. The van der Waals surface area contributed by atoms with Gasteiger partial charge in [0.05, 0.1) is 0 Å². The third-order valence-corrected chi connectivity index (χ3v) is 4.46. The minimum Gasteiger partial charge on any atom is -0.479 e. The molecular weight excluding hydrogens is 216 g/mol. The number of carboxylic acid groups (broad SMARTS) is 1. The Morgan fingerprint density at radius 2 is 1.94 bits per heavy atom. The quantitative estimate of drug-likeness (QED) is 0.800. The summed E-state index contributed by atoms with van der Waals surface area (Å²) in [6, 6.07) is 0. The van der Waals surface area contributed by atoms with Crippen molar-refractivity contribution in [2.24, 2.45) is 23.2 Å². The molecule has 1 aliphatic rings. The van der Waals surface area contributed by atoms with Crippen molar-refractivity contribution in [1.29, 1.82) is 0 Å². The fourth-order valence-corrected chi connectivity index (χ4v) is 3.18. The molecule has 0 radical (unpaired) electrons. The Kier molecular flexibility index (Phi) is 3.92. The van der Waals surface area contributed by atoms with Crippen LogP contribution in [0.15, 0.2) is 0 Å². The van der Waals surface area contributed by atoms with Crippen LogP contribution < -0.4 is 0 Å². The van der Waals surface area contributed by atoms with Crippen molar-refractivity contribution in [3.05, 3.63) is 0 Å². The molecule has 100 valence electrons. The van der Waals surface area contributed by atoms with E-state index in [0.717, 1.165) is 19.3 Å². The fraction of sp³-hybridized carbons (Fsp3) is 0.929. The molecule has 17 heavy (non-hydrogen) atoms. The summed E-state index contributed by atoms with van der Waals surface area (Å²) in [5.74, 6) is -0.523. The van der Waals surface area contributed by atoms with E-state index >= 15 is 0 Å². The van der Waals surface area contributed by atoms with Crippen molar-refractivity contribution in [3.63, 3.8) is 0 Å². The molecule has 0 spiro atoms. The summed E-state index contributed by atoms with van der Waals surface area (Å²) < 4.78 is 0. The van der Waals surface area contributed by atoms with Crippen LogP contribution in [-0.4, -0.2) is 21.8 Å². The number of hydrogen-bond acceptors (Lipinski definition) is 2. The maximum Gasteiger partial charge on any atom is 0.335 e. The second kappa shape index (κ2) is 4.60. The van der Waals surface area contributed by atoms with Crippen LogP contribution in [0.25, 0.3) is 0 Å². The van der Waals surface area contributed by atoms with E-state index in [1.54, 1.807) is 0 Å². The van der Waals surface area contributed by atoms with Gasteiger partial charge in [-0.15, -0.1) is 0 Å². The van der Waals surface area contributed by atoms with E-state index in [1.165, 1.54) is 6.92 Å². The van der Waals surface area contributed by atoms with E-state index < -0.39 is 11.6 Å². The van der Waals surface area contributed by atoms with Gasteiger partial charge in [0.1, 0.15) is 0 Å². The molecule has 1 saturated carbocycles. The van der Waals surface area contributed by atoms with Gasteiger partial charge in [-0.1, -0.05) is 27.7 Å². The van der Waals surface area contributed by atoms with Gasteiger partial charge in [-0.3, -0.25) is 0 Å². The SMILES string of the molecule is CC(C)[C@@H]1CCC(C)(C)C[C@H]1[C@](C)(O)C(=O)O. The molecule has 0 aliphatic heterocycles. The zero-order chi connectivity index (χ0) is 13.4. The largest absolute Gasteiger partial charge is 0.479 e. The smallest absolute Gasteiger partial charge is 0.335 e. The van der Waals surface area contributed by atoms with Crippen molar-refractivity contribution in [3.8, 4) is 0 Å². The van der Waals surface area contributed by atoms with Gasteiger partial charge in [0.2, 0.25) is 0 Å². The zero-order valence-electron chi connectivity index (χ0n) is 11.7. The number of aliphatic hydroxyl groups is 1. The minimum absolute atomic E-state index is 0.134. The molecule has 0 heterocycles. The van der Waals surface area contributed by atoms with E-state index in [2.05, 4.69) is 27.7 Å². The highest BCUT2D eigenvalue weighted by molar-refractivity contribution is 5.77. The predicted octanol–water partition coefficient (Wildman–Crippen LogP) is 2.92. The van der Waals surface area contributed by atoms with Crippen molar-refractivity contribution in [2.75, 3.05) is 0 Å². The van der Waals surface area contributed by atoms with Crippen molar-refractivity contribution < 1.29 is 15.0 Å². The van der Waals surface area contributed by atoms with Gasteiger partial charge in [0.25, 0.3) is 0 Å². The van der Waals surface area contributed by atoms with Gasteiger partial charge >= 0.3 is 5.97 Å². The maximum absolute atomic E-state index is 11.2. The lowest BCUT2D eigenvalue weighted by molar-refractivity contribution is -0.170. The molecule has 0 aromatic carbocycles. The van der Waals surface area contributed by atoms with Crippen LogP contribution in [0.5, 0.6) is 0 Å². The zero-order valence-corrected chi connectivity index (χ0v) is 11.7. The molecule has 0 aromatic heterocycles. The number of carboxylic acids is 1. The van der Waals surface area contributed by atoms with Gasteiger partial charge in [-0.25, -0.2) is 4.79 Å². The second-order valence-electron chi connectivity index (χ2n) is 6.87. The summed E-state index contributed by atoms with van der Waals surface area (Å²) in [4.78, 5) is 11.2. The Balaban J connectivity index is 3.00. The highest BCUT2D eigenvalue weighted by Crippen LogP contribution is 2.48. The van der Waals surface area contributed by atoms with E-state index in [9.17, 15) is 15.0 Å².